The van der Waals surface area contributed by atoms with Gasteiger partial charge in [0.15, 0.2) is 0 Å². The Morgan fingerprint density at radius 3 is 3.08 bits per heavy atom. The molecule has 4 rings (SSSR count). The lowest BCUT2D eigenvalue weighted by molar-refractivity contribution is 0.458. The van der Waals surface area contributed by atoms with Crippen LogP contribution in [0.2, 0.25) is 0 Å². The van der Waals surface area contributed by atoms with E-state index in [0.29, 0.717) is 6.04 Å². The van der Waals surface area contributed by atoms with Gasteiger partial charge in [0.05, 0.1) is 10.2 Å². The topological polar surface area (TPSA) is 56.9 Å². The number of aromatic nitrogens is 1. The van der Waals surface area contributed by atoms with Crippen molar-refractivity contribution in [1.29, 1.82) is 0 Å². The summed E-state index contributed by atoms with van der Waals surface area (Å²) in [6, 6.07) is 12.9. The standard InChI is InChI=1S/C20H23N3OS/c24-18-13-19(23-17-9-12-25-20(17)18)22-11-4-10-21-16-8-3-6-14-5-1-2-7-15(14)16/h1-2,5,7,9,12-13,16,21H,3-4,6,8,10-11H2,(H2,22,23,24)/t16-/m1/s1. The van der Waals surface area contributed by atoms with Crippen molar-refractivity contribution in [2.75, 3.05) is 18.4 Å². The molecule has 1 atom stereocenters. The Labute approximate surface area is 151 Å². The van der Waals surface area contributed by atoms with Crippen molar-refractivity contribution in [3.63, 3.8) is 0 Å². The van der Waals surface area contributed by atoms with Crippen LogP contribution in [0.3, 0.4) is 0 Å². The molecule has 0 amide bonds. The first-order valence-corrected chi connectivity index (χ1v) is 9.85. The van der Waals surface area contributed by atoms with E-state index in [4.69, 9.17) is 0 Å². The van der Waals surface area contributed by atoms with Crippen LogP contribution in [0.25, 0.3) is 10.2 Å². The van der Waals surface area contributed by atoms with Crippen molar-refractivity contribution in [3.8, 4) is 0 Å². The fourth-order valence-corrected chi connectivity index (χ4v) is 4.39. The van der Waals surface area contributed by atoms with E-state index < -0.39 is 0 Å². The van der Waals surface area contributed by atoms with Gasteiger partial charge in [0, 0.05) is 18.7 Å². The molecule has 0 radical (unpaired) electrons. The number of hydrogen-bond acceptors (Lipinski definition) is 4. The van der Waals surface area contributed by atoms with E-state index in [1.165, 1.54) is 41.7 Å². The smallest absolute Gasteiger partial charge is 0.201 e. The summed E-state index contributed by atoms with van der Waals surface area (Å²) in [7, 11) is 0. The van der Waals surface area contributed by atoms with E-state index in [9.17, 15) is 4.79 Å². The second-order valence-corrected chi connectivity index (χ2v) is 7.50. The second kappa shape index (κ2) is 7.42. The molecule has 2 heterocycles. The Balaban J connectivity index is 1.28. The van der Waals surface area contributed by atoms with Gasteiger partial charge in [-0.3, -0.25) is 4.79 Å². The van der Waals surface area contributed by atoms with Gasteiger partial charge < -0.3 is 15.6 Å². The zero-order valence-corrected chi connectivity index (χ0v) is 15.0. The third-order valence-electron chi connectivity index (χ3n) is 4.86. The number of H-pyrrole nitrogens is 1. The number of fused-ring (bicyclic) bond motifs is 2. The summed E-state index contributed by atoms with van der Waals surface area (Å²) in [4.78, 5) is 15.3. The molecule has 2 aromatic heterocycles. The summed E-state index contributed by atoms with van der Waals surface area (Å²) >= 11 is 1.48. The summed E-state index contributed by atoms with van der Waals surface area (Å²) in [5.41, 5.74) is 3.96. The summed E-state index contributed by atoms with van der Waals surface area (Å²) in [6.45, 7) is 1.81. The first-order chi connectivity index (χ1) is 12.3. The summed E-state index contributed by atoms with van der Waals surface area (Å²) in [5.74, 6) is 0.805. The first kappa shape index (κ1) is 16.4. The highest BCUT2D eigenvalue weighted by molar-refractivity contribution is 7.17. The highest BCUT2D eigenvalue weighted by atomic mass is 32.1. The predicted molar refractivity (Wildman–Crippen MR) is 106 cm³/mol. The van der Waals surface area contributed by atoms with Gasteiger partial charge in [0.2, 0.25) is 5.43 Å². The maximum atomic E-state index is 12.0. The van der Waals surface area contributed by atoms with Crippen LogP contribution in [0, 0.1) is 0 Å². The van der Waals surface area contributed by atoms with Crippen LogP contribution < -0.4 is 16.1 Å². The normalized spacial score (nSPS) is 16.7. The van der Waals surface area contributed by atoms with Crippen LogP contribution in [-0.4, -0.2) is 18.1 Å². The van der Waals surface area contributed by atoms with Crippen LogP contribution in [0.15, 0.2) is 46.6 Å². The maximum Gasteiger partial charge on any atom is 0.201 e. The van der Waals surface area contributed by atoms with Gasteiger partial charge in [-0.1, -0.05) is 24.3 Å². The first-order valence-electron chi connectivity index (χ1n) is 8.97. The molecule has 1 aliphatic rings. The molecule has 0 saturated heterocycles. The minimum atomic E-state index is 0.0863. The van der Waals surface area contributed by atoms with Gasteiger partial charge in [-0.05, 0) is 54.8 Å². The molecule has 4 nitrogen and oxygen atoms in total. The Kier molecular flexibility index (Phi) is 4.85. The van der Waals surface area contributed by atoms with Gasteiger partial charge in [0.1, 0.15) is 5.82 Å². The third-order valence-corrected chi connectivity index (χ3v) is 5.79. The van der Waals surface area contributed by atoms with Crippen LogP contribution in [0.1, 0.15) is 36.4 Å². The molecular formula is C20H23N3OS. The van der Waals surface area contributed by atoms with Crippen LogP contribution in [-0.2, 0) is 6.42 Å². The number of nitrogens with one attached hydrogen (secondary N) is 3. The molecule has 0 aliphatic heterocycles. The Morgan fingerprint density at radius 1 is 1.20 bits per heavy atom. The molecule has 0 unspecified atom stereocenters. The molecule has 1 aromatic carbocycles. The number of aromatic amines is 1. The molecule has 1 aliphatic carbocycles. The molecular weight excluding hydrogens is 330 g/mol. The third kappa shape index (κ3) is 3.62. The molecule has 3 aromatic rings. The average molecular weight is 353 g/mol. The highest BCUT2D eigenvalue weighted by Crippen LogP contribution is 2.29. The number of aryl methyl sites for hydroxylation is 1. The van der Waals surface area contributed by atoms with Crippen LogP contribution >= 0.6 is 11.3 Å². The predicted octanol–water partition coefficient (Wildman–Crippen LogP) is 4.06. The molecule has 25 heavy (non-hydrogen) atoms. The fraction of sp³-hybridized carbons (Fsp3) is 0.350. The van der Waals surface area contributed by atoms with Crippen molar-refractivity contribution in [2.24, 2.45) is 0 Å². The lowest BCUT2D eigenvalue weighted by atomic mass is 9.88. The Bertz CT molecular complexity index is 914. The molecule has 0 fully saturated rings. The highest BCUT2D eigenvalue weighted by Gasteiger charge is 2.18. The van der Waals surface area contributed by atoms with E-state index in [2.05, 4.69) is 39.9 Å². The molecule has 0 saturated carbocycles. The number of thiophene rings is 1. The summed E-state index contributed by atoms with van der Waals surface area (Å²) < 4.78 is 0.795. The van der Waals surface area contributed by atoms with E-state index >= 15 is 0 Å². The minimum absolute atomic E-state index is 0.0863. The monoisotopic (exact) mass is 353 g/mol. The minimum Gasteiger partial charge on any atom is -0.371 e. The quantitative estimate of drug-likeness (QED) is 0.586. The fourth-order valence-electron chi connectivity index (χ4n) is 3.63. The number of benzene rings is 1. The Morgan fingerprint density at radius 2 is 2.12 bits per heavy atom. The lowest BCUT2D eigenvalue weighted by Gasteiger charge is -2.26. The lowest BCUT2D eigenvalue weighted by Crippen LogP contribution is -2.27. The van der Waals surface area contributed by atoms with Crippen molar-refractivity contribution < 1.29 is 0 Å². The van der Waals surface area contributed by atoms with Gasteiger partial charge in [-0.15, -0.1) is 11.3 Å². The molecule has 5 heteroatoms. The largest absolute Gasteiger partial charge is 0.371 e. The Hall–Kier alpha value is -2.11. The average Bonchev–Trinajstić information content (AvgIpc) is 3.11. The summed E-state index contributed by atoms with van der Waals surface area (Å²) in [6.07, 6.45) is 4.69. The number of pyridine rings is 1. The number of rotatable bonds is 6. The molecule has 130 valence electrons. The van der Waals surface area contributed by atoms with Gasteiger partial charge in [-0.2, -0.15) is 0 Å². The van der Waals surface area contributed by atoms with E-state index in [1.807, 2.05) is 11.4 Å². The maximum absolute atomic E-state index is 12.0. The van der Waals surface area contributed by atoms with Crippen molar-refractivity contribution in [3.05, 3.63) is 63.1 Å². The SMILES string of the molecule is O=c1cc(NCCCN[C@@H]2CCCc3ccccc32)[nH]c2ccsc12. The second-order valence-electron chi connectivity index (χ2n) is 6.59. The zero-order chi connectivity index (χ0) is 17.1. The number of anilines is 1. The number of hydrogen-bond donors (Lipinski definition) is 3. The van der Waals surface area contributed by atoms with Crippen molar-refractivity contribution >= 4 is 27.4 Å². The van der Waals surface area contributed by atoms with Crippen molar-refractivity contribution in [2.45, 2.75) is 31.7 Å². The van der Waals surface area contributed by atoms with Crippen LogP contribution in [0.5, 0.6) is 0 Å². The zero-order valence-electron chi connectivity index (χ0n) is 14.2. The molecule has 3 N–H and O–H groups in total. The summed E-state index contributed by atoms with van der Waals surface area (Å²) in [5, 5.41) is 8.97. The van der Waals surface area contributed by atoms with E-state index in [-0.39, 0.29) is 5.43 Å². The van der Waals surface area contributed by atoms with Gasteiger partial charge >= 0.3 is 0 Å². The van der Waals surface area contributed by atoms with Gasteiger partial charge in [0.25, 0.3) is 0 Å². The van der Waals surface area contributed by atoms with Crippen LogP contribution in [0.4, 0.5) is 5.82 Å². The van der Waals surface area contributed by atoms with E-state index in [1.54, 1.807) is 6.07 Å². The molecule has 0 bridgehead atoms. The van der Waals surface area contributed by atoms with Crippen molar-refractivity contribution in [1.82, 2.24) is 10.3 Å². The van der Waals surface area contributed by atoms with Gasteiger partial charge in [-0.25, -0.2) is 0 Å². The molecule has 0 spiro atoms. The van der Waals surface area contributed by atoms with E-state index in [0.717, 1.165) is 35.5 Å².